The van der Waals surface area contributed by atoms with Gasteiger partial charge >= 0.3 is 6.03 Å². The zero-order valence-electron chi connectivity index (χ0n) is 11.5. The van der Waals surface area contributed by atoms with E-state index in [1.807, 2.05) is 18.2 Å². The number of carbonyl (C=O) groups is 1. The van der Waals surface area contributed by atoms with Crippen molar-refractivity contribution >= 4 is 23.5 Å². The van der Waals surface area contributed by atoms with Gasteiger partial charge in [0.2, 0.25) is 0 Å². The molecule has 0 heterocycles. The van der Waals surface area contributed by atoms with Crippen molar-refractivity contribution in [1.82, 2.24) is 5.32 Å². The molecule has 2 N–H and O–H groups in total. The Morgan fingerprint density at radius 3 is 2.52 bits per heavy atom. The Hall–Kier alpha value is -2.01. The van der Waals surface area contributed by atoms with Gasteiger partial charge in [-0.05, 0) is 36.4 Å². The van der Waals surface area contributed by atoms with Crippen LogP contribution < -0.4 is 10.6 Å². The molecule has 0 spiro atoms. The van der Waals surface area contributed by atoms with E-state index < -0.39 is 5.82 Å². The van der Waals surface area contributed by atoms with Crippen molar-refractivity contribution in [3.05, 3.63) is 60.4 Å². The molecule has 0 aliphatic carbocycles. The molecule has 0 radical (unpaired) electrons. The summed E-state index contributed by atoms with van der Waals surface area (Å²) >= 11 is 1.75. The van der Waals surface area contributed by atoms with E-state index >= 15 is 0 Å². The zero-order chi connectivity index (χ0) is 14.9. The number of rotatable bonds is 6. The summed E-state index contributed by atoms with van der Waals surface area (Å²) in [6, 6.07) is 15.8. The molecule has 21 heavy (non-hydrogen) atoms. The lowest BCUT2D eigenvalue weighted by Crippen LogP contribution is -2.30. The van der Waals surface area contributed by atoms with Gasteiger partial charge in [-0.2, -0.15) is 0 Å². The lowest BCUT2D eigenvalue weighted by Gasteiger charge is -2.08. The van der Waals surface area contributed by atoms with Crippen LogP contribution in [0.1, 0.15) is 6.42 Å². The van der Waals surface area contributed by atoms with Gasteiger partial charge in [-0.25, -0.2) is 9.18 Å². The van der Waals surface area contributed by atoms with Crippen LogP contribution in [0.25, 0.3) is 0 Å². The van der Waals surface area contributed by atoms with Crippen molar-refractivity contribution < 1.29 is 9.18 Å². The number of carbonyl (C=O) groups excluding carboxylic acids is 1. The zero-order valence-corrected chi connectivity index (χ0v) is 12.3. The minimum atomic E-state index is -0.438. The Morgan fingerprint density at radius 1 is 1.05 bits per heavy atom. The molecule has 2 rings (SSSR count). The van der Waals surface area contributed by atoms with Crippen molar-refractivity contribution in [3.8, 4) is 0 Å². The third-order valence-electron chi connectivity index (χ3n) is 2.74. The average molecular weight is 304 g/mol. The van der Waals surface area contributed by atoms with Crippen molar-refractivity contribution in [2.24, 2.45) is 0 Å². The van der Waals surface area contributed by atoms with E-state index in [1.165, 1.54) is 17.0 Å². The first-order chi connectivity index (χ1) is 10.3. The van der Waals surface area contributed by atoms with Crippen LogP contribution in [-0.4, -0.2) is 18.3 Å². The fraction of sp³-hybridized carbons (Fsp3) is 0.188. The Balaban J connectivity index is 1.63. The number of anilines is 1. The van der Waals surface area contributed by atoms with E-state index in [1.54, 1.807) is 23.9 Å². The second kappa shape index (κ2) is 8.32. The molecule has 0 atom stereocenters. The Kier molecular flexibility index (Phi) is 6.09. The third-order valence-corrected chi connectivity index (χ3v) is 3.84. The molecule has 0 saturated carbocycles. The van der Waals surface area contributed by atoms with E-state index in [2.05, 4.69) is 22.8 Å². The first-order valence-electron chi connectivity index (χ1n) is 6.73. The Bertz CT molecular complexity index is 577. The van der Waals surface area contributed by atoms with Gasteiger partial charge < -0.3 is 10.6 Å². The van der Waals surface area contributed by atoms with Gasteiger partial charge in [0.15, 0.2) is 0 Å². The number of amides is 2. The summed E-state index contributed by atoms with van der Waals surface area (Å²) < 4.78 is 13.3. The topological polar surface area (TPSA) is 41.1 Å². The molecule has 0 aliphatic rings. The number of hydrogen-bond acceptors (Lipinski definition) is 2. The molecule has 0 aromatic heterocycles. The second-order valence-electron chi connectivity index (χ2n) is 4.38. The normalized spacial score (nSPS) is 10.1. The largest absolute Gasteiger partial charge is 0.338 e. The summed E-state index contributed by atoms with van der Waals surface area (Å²) in [5.74, 6) is 0.483. The first-order valence-corrected chi connectivity index (χ1v) is 7.71. The van der Waals surface area contributed by atoms with Gasteiger partial charge in [0.25, 0.3) is 0 Å². The maximum Gasteiger partial charge on any atom is 0.319 e. The minimum Gasteiger partial charge on any atom is -0.338 e. The lowest BCUT2D eigenvalue weighted by atomic mass is 10.3. The van der Waals surface area contributed by atoms with Crippen LogP contribution in [-0.2, 0) is 0 Å². The lowest BCUT2D eigenvalue weighted by molar-refractivity contribution is 0.252. The molecule has 2 amide bonds. The van der Waals surface area contributed by atoms with Crippen LogP contribution in [0.4, 0.5) is 14.9 Å². The van der Waals surface area contributed by atoms with E-state index in [0.717, 1.165) is 12.2 Å². The summed E-state index contributed by atoms with van der Waals surface area (Å²) in [5, 5.41) is 5.20. The molecule has 2 aromatic carbocycles. The van der Waals surface area contributed by atoms with Gasteiger partial charge in [0, 0.05) is 11.4 Å². The predicted molar refractivity (Wildman–Crippen MR) is 85.2 cm³/mol. The number of benzene rings is 2. The van der Waals surface area contributed by atoms with Gasteiger partial charge in [-0.15, -0.1) is 11.8 Å². The second-order valence-corrected chi connectivity index (χ2v) is 5.54. The molecular weight excluding hydrogens is 287 g/mol. The number of nitrogens with one attached hydrogen (secondary N) is 2. The highest BCUT2D eigenvalue weighted by Gasteiger charge is 2.04. The fourth-order valence-electron chi connectivity index (χ4n) is 1.71. The molecule has 5 heteroatoms. The summed E-state index contributed by atoms with van der Waals surface area (Å²) in [4.78, 5) is 12.8. The van der Waals surface area contributed by atoms with E-state index in [9.17, 15) is 9.18 Å². The van der Waals surface area contributed by atoms with Crippen LogP contribution in [0, 0.1) is 5.82 Å². The molecule has 110 valence electrons. The number of para-hydroxylation sites is 1. The number of urea groups is 1. The quantitative estimate of drug-likeness (QED) is 0.622. The Morgan fingerprint density at radius 2 is 1.76 bits per heavy atom. The number of hydrogen-bond donors (Lipinski definition) is 2. The molecule has 0 bridgehead atoms. The van der Waals surface area contributed by atoms with Gasteiger partial charge in [0.05, 0.1) is 5.69 Å². The monoisotopic (exact) mass is 304 g/mol. The number of halogens is 1. The van der Waals surface area contributed by atoms with Gasteiger partial charge in [-0.1, -0.05) is 30.3 Å². The van der Waals surface area contributed by atoms with Crippen LogP contribution in [0.3, 0.4) is 0 Å². The summed E-state index contributed by atoms with van der Waals surface area (Å²) in [5.41, 5.74) is 0.189. The molecule has 2 aromatic rings. The predicted octanol–water partition coefficient (Wildman–Crippen LogP) is 4.13. The Labute approximate surface area is 127 Å². The van der Waals surface area contributed by atoms with Crippen LogP contribution in [0.2, 0.25) is 0 Å². The minimum absolute atomic E-state index is 0.189. The summed E-state index contributed by atoms with van der Waals surface area (Å²) in [6.45, 7) is 0.556. The fourth-order valence-corrected chi connectivity index (χ4v) is 2.58. The van der Waals surface area contributed by atoms with E-state index in [4.69, 9.17) is 0 Å². The smallest absolute Gasteiger partial charge is 0.319 e. The van der Waals surface area contributed by atoms with Gasteiger partial charge in [0.1, 0.15) is 5.82 Å². The highest BCUT2D eigenvalue weighted by Crippen LogP contribution is 2.17. The molecular formula is C16H17FN2OS. The highest BCUT2D eigenvalue weighted by atomic mass is 32.2. The van der Waals surface area contributed by atoms with E-state index in [0.29, 0.717) is 6.54 Å². The standard InChI is InChI=1S/C16H17FN2OS/c17-14-9-4-5-10-15(14)19-16(20)18-11-6-12-21-13-7-2-1-3-8-13/h1-5,7-10H,6,11-12H2,(H2,18,19,20). The van der Waals surface area contributed by atoms with Crippen molar-refractivity contribution in [2.75, 3.05) is 17.6 Å². The molecule has 0 aliphatic heterocycles. The molecule has 3 nitrogen and oxygen atoms in total. The van der Waals surface area contributed by atoms with Gasteiger partial charge in [-0.3, -0.25) is 0 Å². The maximum atomic E-state index is 13.3. The van der Waals surface area contributed by atoms with Crippen LogP contribution in [0.15, 0.2) is 59.5 Å². The molecule has 0 saturated heterocycles. The molecule has 0 unspecified atom stereocenters. The summed E-state index contributed by atoms with van der Waals surface area (Å²) in [7, 11) is 0. The average Bonchev–Trinajstić information content (AvgIpc) is 2.50. The number of thioether (sulfide) groups is 1. The van der Waals surface area contributed by atoms with Crippen LogP contribution in [0.5, 0.6) is 0 Å². The SMILES string of the molecule is O=C(NCCCSc1ccccc1)Nc1ccccc1F. The van der Waals surface area contributed by atoms with Crippen molar-refractivity contribution in [2.45, 2.75) is 11.3 Å². The van der Waals surface area contributed by atoms with Crippen molar-refractivity contribution in [1.29, 1.82) is 0 Å². The van der Waals surface area contributed by atoms with E-state index in [-0.39, 0.29) is 11.7 Å². The molecule has 0 fully saturated rings. The highest BCUT2D eigenvalue weighted by molar-refractivity contribution is 7.99. The maximum absolute atomic E-state index is 13.3. The third kappa shape index (κ3) is 5.47. The van der Waals surface area contributed by atoms with Crippen molar-refractivity contribution in [3.63, 3.8) is 0 Å². The first kappa shape index (κ1) is 15.4. The summed E-state index contributed by atoms with van der Waals surface area (Å²) in [6.07, 6.45) is 0.851. The van der Waals surface area contributed by atoms with Crippen LogP contribution >= 0.6 is 11.8 Å².